The van der Waals surface area contributed by atoms with Gasteiger partial charge in [0.05, 0.1) is 5.56 Å². The highest BCUT2D eigenvalue weighted by Gasteiger charge is 2.36. The molecular weight excluding hydrogens is 369 g/mol. The normalized spacial score (nSPS) is 21.3. The molecule has 0 radical (unpaired) electrons. The summed E-state index contributed by atoms with van der Waals surface area (Å²) in [5.41, 5.74) is 0.792. The number of fused-ring (bicyclic) bond motifs is 4. The lowest BCUT2D eigenvalue weighted by Gasteiger charge is -2.42. The van der Waals surface area contributed by atoms with Gasteiger partial charge in [0.1, 0.15) is 0 Å². The Kier molecular flexibility index (Phi) is 4.77. The highest BCUT2D eigenvalue weighted by atomic mass is 19.4. The topological polar surface area (TPSA) is 42.3 Å². The molecule has 2 unspecified atom stereocenters. The Morgan fingerprint density at radius 2 is 1.86 bits per heavy atom. The Labute approximate surface area is 160 Å². The first-order chi connectivity index (χ1) is 13.3. The number of hydrogen-bond donors (Lipinski definition) is 0. The maximum atomic E-state index is 12.8. The second-order valence-electron chi connectivity index (χ2n) is 7.70. The molecule has 148 valence electrons. The van der Waals surface area contributed by atoms with E-state index < -0.39 is 11.7 Å². The molecule has 0 spiro atoms. The summed E-state index contributed by atoms with van der Waals surface area (Å²) >= 11 is 0. The number of likely N-dealkylation sites (tertiary alicyclic amines) is 1. The van der Waals surface area contributed by atoms with Crippen molar-refractivity contribution in [3.63, 3.8) is 0 Å². The van der Waals surface area contributed by atoms with Crippen LogP contribution in [0.5, 0.6) is 0 Å². The number of benzene rings is 1. The molecular formula is C21H21F3N2O2. The number of aromatic nitrogens is 1. The molecule has 1 fully saturated rings. The van der Waals surface area contributed by atoms with Gasteiger partial charge in [0, 0.05) is 43.7 Å². The Balaban J connectivity index is 1.43. The highest BCUT2D eigenvalue weighted by molar-refractivity contribution is 5.76. The van der Waals surface area contributed by atoms with E-state index in [1.807, 2.05) is 15.5 Å². The number of piperidine rings is 1. The number of carbonyl (C=O) groups is 1. The van der Waals surface area contributed by atoms with Crippen molar-refractivity contribution in [2.75, 3.05) is 13.1 Å². The molecule has 2 atom stereocenters. The van der Waals surface area contributed by atoms with E-state index in [1.165, 1.54) is 6.07 Å². The fourth-order valence-electron chi connectivity index (χ4n) is 4.41. The number of hydrogen-bond acceptors (Lipinski definition) is 2. The van der Waals surface area contributed by atoms with E-state index in [0.717, 1.165) is 24.2 Å². The first-order valence-corrected chi connectivity index (χ1v) is 9.45. The van der Waals surface area contributed by atoms with Crippen LogP contribution in [-0.4, -0.2) is 28.5 Å². The van der Waals surface area contributed by atoms with Crippen molar-refractivity contribution in [3.8, 4) is 0 Å². The zero-order valence-electron chi connectivity index (χ0n) is 15.3. The molecule has 2 aromatic rings. The monoisotopic (exact) mass is 390 g/mol. The smallest absolute Gasteiger partial charge is 0.342 e. The van der Waals surface area contributed by atoms with E-state index >= 15 is 0 Å². The fourth-order valence-corrected chi connectivity index (χ4v) is 4.41. The van der Waals surface area contributed by atoms with Gasteiger partial charge in [0.2, 0.25) is 5.91 Å². The maximum absolute atomic E-state index is 12.8. The van der Waals surface area contributed by atoms with Crippen LogP contribution < -0.4 is 5.56 Å². The Morgan fingerprint density at radius 3 is 2.64 bits per heavy atom. The van der Waals surface area contributed by atoms with E-state index in [1.54, 1.807) is 18.2 Å². The maximum Gasteiger partial charge on any atom is 0.416 e. The summed E-state index contributed by atoms with van der Waals surface area (Å²) in [5.74, 6) is 0.335. The SMILES string of the molecule is O=C(CCc1cccc(C(F)(F)F)c1)N1CC2CC(C1)c1cccc(=O)n1C2. The van der Waals surface area contributed by atoms with Crippen LogP contribution in [0, 0.1) is 5.92 Å². The molecule has 4 nitrogen and oxygen atoms in total. The minimum atomic E-state index is -4.38. The van der Waals surface area contributed by atoms with Crippen molar-refractivity contribution in [1.29, 1.82) is 0 Å². The Bertz CT molecular complexity index is 951. The van der Waals surface area contributed by atoms with Crippen LogP contribution in [0.3, 0.4) is 0 Å². The van der Waals surface area contributed by atoms with E-state index in [0.29, 0.717) is 25.2 Å². The molecule has 1 aromatic heterocycles. The number of carbonyl (C=O) groups excluding carboxylic acids is 1. The highest BCUT2D eigenvalue weighted by Crippen LogP contribution is 2.35. The Morgan fingerprint density at radius 1 is 1.07 bits per heavy atom. The van der Waals surface area contributed by atoms with Gasteiger partial charge in [0.25, 0.3) is 5.56 Å². The van der Waals surface area contributed by atoms with Gasteiger partial charge in [-0.2, -0.15) is 13.2 Å². The zero-order chi connectivity index (χ0) is 19.9. The molecule has 4 rings (SSSR count). The molecule has 0 N–H and O–H groups in total. The minimum absolute atomic E-state index is 0.00322. The van der Waals surface area contributed by atoms with Crippen LogP contribution in [0.15, 0.2) is 47.3 Å². The standard InChI is InChI=1S/C21H21F3N2O2/c22-21(23,24)17-4-1-3-14(10-17)7-8-19(27)25-11-15-9-16(13-25)18-5-2-6-20(28)26(18)12-15/h1-6,10,15-16H,7-9,11-13H2. The minimum Gasteiger partial charge on any atom is -0.342 e. The number of rotatable bonds is 3. The summed E-state index contributed by atoms with van der Waals surface area (Å²) in [4.78, 5) is 26.6. The Hall–Kier alpha value is -2.57. The largest absolute Gasteiger partial charge is 0.416 e. The molecule has 1 amide bonds. The summed E-state index contributed by atoms with van der Waals surface area (Å²) in [6, 6.07) is 10.4. The van der Waals surface area contributed by atoms with Crippen molar-refractivity contribution in [2.24, 2.45) is 5.92 Å². The molecule has 7 heteroatoms. The van der Waals surface area contributed by atoms with E-state index in [9.17, 15) is 22.8 Å². The lowest BCUT2D eigenvalue weighted by atomic mass is 9.83. The molecule has 1 aromatic carbocycles. The summed E-state index contributed by atoms with van der Waals surface area (Å²) < 4.78 is 40.3. The van der Waals surface area contributed by atoms with Gasteiger partial charge in [-0.25, -0.2) is 0 Å². The van der Waals surface area contributed by atoms with Crippen LogP contribution in [0.25, 0.3) is 0 Å². The number of alkyl halides is 3. The summed E-state index contributed by atoms with van der Waals surface area (Å²) in [5, 5.41) is 0. The molecule has 2 aliphatic rings. The number of nitrogens with zero attached hydrogens (tertiary/aromatic N) is 2. The predicted octanol–water partition coefficient (Wildman–Crippen LogP) is 3.45. The number of aryl methyl sites for hydroxylation is 1. The lowest BCUT2D eigenvalue weighted by molar-refractivity contribution is -0.137. The van der Waals surface area contributed by atoms with Crippen molar-refractivity contribution >= 4 is 5.91 Å². The predicted molar refractivity (Wildman–Crippen MR) is 97.9 cm³/mol. The van der Waals surface area contributed by atoms with E-state index in [4.69, 9.17) is 0 Å². The quantitative estimate of drug-likeness (QED) is 0.806. The van der Waals surface area contributed by atoms with Crippen molar-refractivity contribution in [3.05, 3.63) is 69.6 Å². The third kappa shape index (κ3) is 3.70. The molecule has 2 aliphatic heterocycles. The zero-order valence-corrected chi connectivity index (χ0v) is 15.3. The summed E-state index contributed by atoms with van der Waals surface area (Å²) in [7, 11) is 0. The van der Waals surface area contributed by atoms with Crippen LogP contribution in [0.1, 0.15) is 35.6 Å². The molecule has 1 saturated heterocycles. The third-order valence-corrected chi connectivity index (χ3v) is 5.71. The number of halogens is 3. The van der Waals surface area contributed by atoms with Gasteiger partial charge in [-0.05, 0) is 36.5 Å². The average Bonchev–Trinajstić information content (AvgIpc) is 2.66. The lowest BCUT2D eigenvalue weighted by Crippen LogP contribution is -2.49. The molecule has 28 heavy (non-hydrogen) atoms. The molecule has 3 heterocycles. The first kappa shape index (κ1) is 18.8. The van der Waals surface area contributed by atoms with Crippen molar-refractivity contribution < 1.29 is 18.0 Å². The van der Waals surface area contributed by atoms with Gasteiger partial charge in [-0.15, -0.1) is 0 Å². The fraction of sp³-hybridized carbons (Fsp3) is 0.429. The van der Waals surface area contributed by atoms with Gasteiger partial charge in [-0.3, -0.25) is 9.59 Å². The van der Waals surface area contributed by atoms with Crippen LogP contribution in [-0.2, 0) is 23.9 Å². The summed E-state index contributed by atoms with van der Waals surface area (Å²) in [6.07, 6.45) is -2.95. The van der Waals surface area contributed by atoms with Gasteiger partial charge in [0.15, 0.2) is 0 Å². The molecule has 0 saturated carbocycles. The van der Waals surface area contributed by atoms with Gasteiger partial charge >= 0.3 is 6.18 Å². The third-order valence-electron chi connectivity index (χ3n) is 5.71. The number of amides is 1. The van der Waals surface area contributed by atoms with Crippen LogP contribution in [0.2, 0.25) is 0 Å². The molecule has 0 aliphatic carbocycles. The van der Waals surface area contributed by atoms with Crippen LogP contribution >= 0.6 is 0 Å². The van der Waals surface area contributed by atoms with Crippen LogP contribution in [0.4, 0.5) is 13.2 Å². The first-order valence-electron chi connectivity index (χ1n) is 9.45. The second-order valence-corrected chi connectivity index (χ2v) is 7.70. The van der Waals surface area contributed by atoms with E-state index in [-0.39, 0.29) is 36.1 Å². The average molecular weight is 390 g/mol. The number of pyridine rings is 1. The van der Waals surface area contributed by atoms with Crippen molar-refractivity contribution in [2.45, 2.75) is 37.9 Å². The van der Waals surface area contributed by atoms with Gasteiger partial charge in [-0.1, -0.05) is 24.3 Å². The summed E-state index contributed by atoms with van der Waals surface area (Å²) in [6.45, 7) is 1.77. The van der Waals surface area contributed by atoms with E-state index in [2.05, 4.69) is 0 Å². The molecule has 2 bridgehead atoms. The van der Waals surface area contributed by atoms with Crippen molar-refractivity contribution in [1.82, 2.24) is 9.47 Å². The second kappa shape index (κ2) is 7.11. The van der Waals surface area contributed by atoms with Gasteiger partial charge < -0.3 is 9.47 Å².